The van der Waals surface area contributed by atoms with Crippen molar-refractivity contribution in [3.8, 4) is 11.1 Å². The van der Waals surface area contributed by atoms with Gasteiger partial charge in [-0.3, -0.25) is 0 Å². The van der Waals surface area contributed by atoms with Gasteiger partial charge in [-0.15, -0.1) is 0 Å². The van der Waals surface area contributed by atoms with Crippen molar-refractivity contribution >= 4 is 53.8 Å². The zero-order chi connectivity index (χ0) is 14.4. The van der Waals surface area contributed by atoms with Gasteiger partial charge in [-0.25, -0.2) is 0 Å². The van der Waals surface area contributed by atoms with Gasteiger partial charge < -0.3 is 4.42 Å². The molecule has 4 aromatic rings. The quantitative estimate of drug-likeness (QED) is 0.342. The molecule has 1 aromatic heterocycles. The Hall–Kier alpha value is -1.58. The van der Waals surface area contributed by atoms with E-state index in [1.165, 1.54) is 0 Å². The molecule has 0 radical (unpaired) electrons. The van der Waals surface area contributed by atoms with Crippen LogP contribution in [0.1, 0.15) is 0 Å². The molecule has 0 atom stereocenters. The predicted octanol–water partition coefficient (Wildman–Crippen LogP) is 6.78. The molecule has 0 spiro atoms. The molecule has 0 amide bonds. The highest BCUT2D eigenvalue weighted by atomic mass is 79.9. The summed E-state index contributed by atoms with van der Waals surface area (Å²) in [7, 11) is 0. The Morgan fingerprint density at radius 2 is 1.48 bits per heavy atom. The molecule has 21 heavy (non-hydrogen) atoms. The van der Waals surface area contributed by atoms with Gasteiger partial charge in [-0.05, 0) is 35.9 Å². The van der Waals surface area contributed by atoms with E-state index in [-0.39, 0.29) is 0 Å². The van der Waals surface area contributed by atoms with Gasteiger partial charge in [0, 0.05) is 25.3 Å². The van der Waals surface area contributed by atoms with Crippen LogP contribution in [0.25, 0.3) is 33.1 Å². The van der Waals surface area contributed by atoms with Gasteiger partial charge in [0.2, 0.25) is 0 Å². The van der Waals surface area contributed by atoms with Gasteiger partial charge in [0.15, 0.2) is 0 Å². The second-order valence-electron chi connectivity index (χ2n) is 4.94. The van der Waals surface area contributed by atoms with Gasteiger partial charge in [0.05, 0.1) is 0 Å². The number of fused-ring (bicyclic) bond motifs is 3. The molecule has 102 valence electrons. The van der Waals surface area contributed by atoms with Gasteiger partial charge in [-0.2, -0.15) is 0 Å². The van der Waals surface area contributed by atoms with E-state index in [1.54, 1.807) is 0 Å². The highest BCUT2D eigenvalue weighted by Gasteiger charge is 2.13. The van der Waals surface area contributed by atoms with Gasteiger partial charge in [0.25, 0.3) is 0 Å². The standard InChI is InChI=1S/C18H10Br2O/c19-12-7-5-11(6-8-12)15-9-13(20)10-16-14-3-1-2-4-17(14)21-18(15)16/h1-10H. The van der Waals surface area contributed by atoms with Crippen LogP contribution in [0.4, 0.5) is 0 Å². The SMILES string of the molecule is Brc1ccc(-c2cc(Br)cc3c2oc2ccccc23)cc1. The Morgan fingerprint density at radius 1 is 0.714 bits per heavy atom. The van der Waals surface area contributed by atoms with Crippen molar-refractivity contribution in [2.45, 2.75) is 0 Å². The van der Waals surface area contributed by atoms with Crippen LogP contribution in [0.5, 0.6) is 0 Å². The number of benzene rings is 3. The summed E-state index contributed by atoms with van der Waals surface area (Å²) in [4.78, 5) is 0. The van der Waals surface area contributed by atoms with E-state index >= 15 is 0 Å². The maximum Gasteiger partial charge on any atom is 0.143 e. The second-order valence-corrected chi connectivity index (χ2v) is 6.77. The predicted molar refractivity (Wildman–Crippen MR) is 94.6 cm³/mol. The minimum Gasteiger partial charge on any atom is -0.455 e. The van der Waals surface area contributed by atoms with Crippen LogP contribution in [0, 0.1) is 0 Å². The molecule has 0 saturated heterocycles. The van der Waals surface area contributed by atoms with E-state index in [9.17, 15) is 0 Å². The maximum absolute atomic E-state index is 6.09. The van der Waals surface area contributed by atoms with E-state index in [1.807, 2.05) is 30.3 Å². The topological polar surface area (TPSA) is 13.1 Å². The van der Waals surface area contributed by atoms with Crippen molar-refractivity contribution < 1.29 is 4.42 Å². The molecular weight excluding hydrogens is 392 g/mol. The zero-order valence-electron chi connectivity index (χ0n) is 10.9. The molecule has 0 unspecified atom stereocenters. The summed E-state index contributed by atoms with van der Waals surface area (Å²) in [5.41, 5.74) is 4.09. The Morgan fingerprint density at radius 3 is 2.29 bits per heavy atom. The van der Waals surface area contributed by atoms with Crippen molar-refractivity contribution in [2.24, 2.45) is 0 Å². The fourth-order valence-corrected chi connectivity index (χ4v) is 3.36. The number of hydrogen-bond acceptors (Lipinski definition) is 1. The molecule has 0 saturated carbocycles. The zero-order valence-corrected chi connectivity index (χ0v) is 14.1. The Kier molecular flexibility index (Phi) is 3.12. The third-order valence-corrected chi connectivity index (χ3v) is 4.58. The third-order valence-electron chi connectivity index (χ3n) is 3.60. The number of hydrogen-bond donors (Lipinski definition) is 0. The summed E-state index contributed by atoms with van der Waals surface area (Å²) in [6.07, 6.45) is 0. The van der Waals surface area contributed by atoms with Crippen LogP contribution in [-0.2, 0) is 0 Å². The molecule has 3 aromatic carbocycles. The summed E-state index contributed by atoms with van der Waals surface area (Å²) < 4.78 is 8.22. The van der Waals surface area contributed by atoms with Crippen LogP contribution >= 0.6 is 31.9 Å². The van der Waals surface area contributed by atoms with E-state index < -0.39 is 0 Å². The minimum atomic E-state index is 0.920. The fourth-order valence-electron chi connectivity index (χ4n) is 2.64. The van der Waals surface area contributed by atoms with Crippen molar-refractivity contribution in [2.75, 3.05) is 0 Å². The Bertz CT molecular complexity index is 952. The van der Waals surface area contributed by atoms with E-state index in [2.05, 4.69) is 62.2 Å². The fraction of sp³-hybridized carbons (Fsp3) is 0. The number of para-hydroxylation sites is 1. The Labute approximate surface area is 138 Å². The molecule has 1 nitrogen and oxygen atoms in total. The lowest BCUT2D eigenvalue weighted by atomic mass is 10.0. The Balaban J connectivity index is 2.10. The first-order valence-corrected chi connectivity index (χ1v) is 8.18. The third kappa shape index (κ3) is 2.21. The molecule has 4 rings (SSSR count). The summed E-state index contributed by atoms with van der Waals surface area (Å²) in [5.74, 6) is 0. The van der Waals surface area contributed by atoms with Crippen molar-refractivity contribution in [3.05, 3.63) is 69.6 Å². The summed E-state index contributed by atoms with van der Waals surface area (Å²) in [5, 5.41) is 2.28. The maximum atomic E-state index is 6.09. The summed E-state index contributed by atoms with van der Waals surface area (Å²) in [6, 6.07) is 20.6. The van der Waals surface area contributed by atoms with Crippen LogP contribution in [-0.4, -0.2) is 0 Å². The van der Waals surface area contributed by atoms with E-state index in [0.29, 0.717) is 0 Å². The molecule has 0 aliphatic heterocycles. The monoisotopic (exact) mass is 400 g/mol. The smallest absolute Gasteiger partial charge is 0.143 e. The number of halogens is 2. The van der Waals surface area contributed by atoms with Gasteiger partial charge in [0.1, 0.15) is 11.2 Å². The molecule has 0 aliphatic rings. The molecule has 0 bridgehead atoms. The lowest BCUT2D eigenvalue weighted by molar-refractivity contribution is 0.670. The highest BCUT2D eigenvalue weighted by Crippen LogP contribution is 2.38. The molecule has 0 fully saturated rings. The van der Waals surface area contributed by atoms with Crippen LogP contribution in [0.3, 0.4) is 0 Å². The average molecular weight is 402 g/mol. The van der Waals surface area contributed by atoms with Gasteiger partial charge in [-0.1, -0.05) is 62.2 Å². The van der Waals surface area contributed by atoms with E-state index in [4.69, 9.17) is 4.42 Å². The first-order valence-electron chi connectivity index (χ1n) is 6.59. The summed E-state index contributed by atoms with van der Waals surface area (Å²) >= 11 is 7.09. The van der Waals surface area contributed by atoms with Crippen LogP contribution in [0.2, 0.25) is 0 Å². The highest BCUT2D eigenvalue weighted by molar-refractivity contribution is 9.10. The largest absolute Gasteiger partial charge is 0.455 e. The summed E-state index contributed by atoms with van der Waals surface area (Å²) in [6.45, 7) is 0. The second kappa shape index (κ2) is 5.00. The first-order chi connectivity index (χ1) is 10.2. The average Bonchev–Trinajstić information content (AvgIpc) is 2.86. The number of rotatable bonds is 1. The van der Waals surface area contributed by atoms with E-state index in [0.717, 1.165) is 42.0 Å². The molecule has 0 N–H and O–H groups in total. The number of furan rings is 1. The molecule has 0 aliphatic carbocycles. The molecule has 1 heterocycles. The minimum absolute atomic E-state index is 0.920. The van der Waals surface area contributed by atoms with Crippen LogP contribution in [0.15, 0.2) is 74.0 Å². The normalized spacial score (nSPS) is 11.3. The van der Waals surface area contributed by atoms with Crippen molar-refractivity contribution in [1.82, 2.24) is 0 Å². The van der Waals surface area contributed by atoms with Crippen molar-refractivity contribution in [1.29, 1.82) is 0 Å². The lowest BCUT2D eigenvalue weighted by Crippen LogP contribution is -1.79. The van der Waals surface area contributed by atoms with Gasteiger partial charge >= 0.3 is 0 Å². The van der Waals surface area contributed by atoms with Crippen LogP contribution < -0.4 is 0 Å². The molecular formula is C18H10Br2O. The first kappa shape index (κ1) is 13.1. The lowest BCUT2D eigenvalue weighted by Gasteiger charge is -2.04. The van der Waals surface area contributed by atoms with Crippen molar-refractivity contribution in [3.63, 3.8) is 0 Å². The molecule has 3 heteroatoms.